The predicted molar refractivity (Wildman–Crippen MR) is 96.0 cm³/mol. The van der Waals surface area contributed by atoms with Gasteiger partial charge in [0, 0.05) is 11.3 Å². The van der Waals surface area contributed by atoms with Gasteiger partial charge in [-0.3, -0.25) is 4.79 Å². The summed E-state index contributed by atoms with van der Waals surface area (Å²) in [6.45, 7) is -0.126. The average Bonchev–Trinajstić information content (AvgIpc) is 2.67. The van der Waals surface area contributed by atoms with Crippen molar-refractivity contribution in [3.8, 4) is 0 Å². The van der Waals surface area contributed by atoms with Crippen LogP contribution >= 0.6 is 0 Å². The van der Waals surface area contributed by atoms with E-state index in [9.17, 15) is 18.7 Å². The van der Waals surface area contributed by atoms with Gasteiger partial charge in [-0.15, -0.1) is 0 Å². The Morgan fingerprint density at radius 2 is 1.38 bits per heavy atom. The fraction of sp³-hybridized carbons (Fsp3) is 0.0952. The third-order valence-electron chi connectivity index (χ3n) is 4.13. The molecule has 0 fully saturated rings. The molecule has 0 saturated heterocycles. The summed E-state index contributed by atoms with van der Waals surface area (Å²) in [5.74, 6) is -1.55. The topological polar surface area (TPSA) is 49.3 Å². The molecule has 0 unspecified atom stereocenters. The van der Waals surface area contributed by atoms with Crippen molar-refractivity contribution >= 4 is 11.5 Å². The number of halogens is 2. The first-order chi connectivity index (χ1) is 12.5. The number of carbonyl (C=O) groups excluding carboxylic acids is 1. The largest absolute Gasteiger partial charge is 0.381 e. The number of carbonyl (C=O) groups is 1. The van der Waals surface area contributed by atoms with E-state index in [-0.39, 0.29) is 17.7 Å². The maximum Gasteiger partial charge on any atom is 0.200 e. The Morgan fingerprint density at radius 3 is 1.96 bits per heavy atom. The van der Waals surface area contributed by atoms with Gasteiger partial charge in [0.05, 0.1) is 6.54 Å². The van der Waals surface area contributed by atoms with Gasteiger partial charge in [0.15, 0.2) is 5.60 Å². The first-order valence-electron chi connectivity index (χ1n) is 8.07. The van der Waals surface area contributed by atoms with Crippen LogP contribution in [-0.4, -0.2) is 17.4 Å². The van der Waals surface area contributed by atoms with Gasteiger partial charge >= 0.3 is 0 Å². The number of anilines is 1. The van der Waals surface area contributed by atoms with Crippen molar-refractivity contribution in [3.63, 3.8) is 0 Å². The minimum Gasteiger partial charge on any atom is -0.381 e. The van der Waals surface area contributed by atoms with Crippen LogP contribution in [0.15, 0.2) is 78.9 Å². The highest BCUT2D eigenvalue weighted by molar-refractivity contribution is 6.03. The van der Waals surface area contributed by atoms with Crippen LogP contribution in [0.2, 0.25) is 0 Å². The fourth-order valence-electron chi connectivity index (χ4n) is 2.67. The number of rotatable bonds is 6. The van der Waals surface area contributed by atoms with Crippen molar-refractivity contribution in [2.75, 3.05) is 11.9 Å². The van der Waals surface area contributed by atoms with E-state index in [4.69, 9.17) is 0 Å². The van der Waals surface area contributed by atoms with Crippen molar-refractivity contribution in [1.29, 1.82) is 0 Å². The van der Waals surface area contributed by atoms with Crippen LogP contribution in [0.5, 0.6) is 0 Å². The highest BCUT2D eigenvalue weighted by atomic mass is 19.1. The van der Waals surface area contributed by atoms with E-state index in [2.05, 4.69) is 5.32 Å². The first kappa shape index (κ1) is 17.8. The number of ketones is 1. The summed E-state index contributed by atoms with van der Waals surface area (Å²) >= 11 is 0. The molecule has 0 aliphatic rings. The normalized spacial score (nSPS) is 13.0. The van der Waals surface area contributed by atoms with Crippen LogP contribution in [-0.2, 0) is 5.60 Å². The maximum absolute atomic E-state index is 13.3. The molecular weight excluding hydrogens is 336 g/mol. The summed E-state index contributed by atoms with van der Waals surface area (Å²) in [4.78, 5) is 13.0. The van der Waals surface area contributed by atoms with E-state index in [0.29, 0.717) is 0 Å². The summed E-state index contributed by atoms with van der Waals surface area (Å²) in [5, 5.41) is 14.2. The Kier molecular flexibility index (Phi) is 5.09. The van der Waals surface area contributed by atoms with E-state index < -0.39 is 23.0 Å². The van der Waals surface area contributed by atoms with E-state index in [1.807, 2.05) is 18.2 Å². The van der Waals surface area contributed by atoms with Gasteiger partial charge in [-0.25, -0.2) is 8.78 Å². The number of benzene rings is 3. The molecule has 0 amide bonds. The summed E-state index contributed by atoms with van der Waals surface area (Å²) in [6, 6.07) is 19.1. The van der Waals surface area contributed by atoms with Crippen LogP contribution in [0.1, 0.15) is 15.9 Å². The second-order valence-electron chi connectivity index (χ2n) is 5.92. The third kappa shape index (κ3) is 3.78. The van der Waals surface area contributed by atoms with Gasteiger partial charge in [0.1, 0.15) is 11.6 Å². The van der Waals surface area contributed by atoms with Gasteiger partial charge < -0.3 is 10.4 Å². The highest BCUT2D eigenvalue weighted by Gasteiger charge is 2.38. The number of nitrogens with one attached hydrogen (secondary N) is 1. The van der Waals surface area contributed by atoms with Crippen LogP contribution in [0.4, 0.5) is 14.5 Å². The molecule has 3 aromatic carbocycles. The second kappa shape index (κ2) is 7.45. The zero-order chi connectivity index (χ0) is 18.6. The third-order valence-corrected chi connectivity index (χ3v) is 4.13. The molecule has 0 saturated carbocycles. The Balaban J connectivity index is 1.96. The number of para-hydroxylation sites is 1. The van der Waals surface area contributed by atoms with Gasteiger partial charge in [-0.05, 0) is 54.1 Å². The zero-order valence-electron chi connectivity index (χ0n) is 13.8. The minimum atomic E-state index is -1.94. The number of hydrogen-bond acceptors (Lipinski definition) is 3. The molecule has 3 aromatic rings. The molecule has 3 nitrogen and oxygen atoms in total. The summed E-state index contributed by atoms with van der Waals surface area (Å²) in [7, 11) is 0. The first-order valence-corrected chi connectivity index (χ1v) is 8.07. The van der Waals surface area contributed by atoms with Crippen LogP contribution in [0, 0.1) is 11.6 Å². The van der Waals surface area contributed by atoms with E-state index >= 15 is 0 Å². The van der Waals surface area contributed by atoms with Gasteiger partial charge in [-0.1, -0.05) is 30.3 Å². The Labute approximate surface area is 149 Å². The number of Topliss-reactive ketones (excluding diaryl/α,β-unsaturated/α-hetero) is 1. The molecule has 0 heterocycles. The van der Waals surface area contributed by atoms with Gasteiger partial charge in [-0.2, -0.15) is 0 Å². The molecule has 0 radical (unpaired) electrons. The van der Waals surface area contributed by atoms with Crippen LogP contribution in [0.25, 0.3) is 0 Å². The van der Waals surface area contributed by atoms with Crippen molar-refractivity contribution in [2.24, 2.45) is 0 Å². The fourth-order valence-corrected chi connectivity index (χ4v) is 2.67. The molecule has 5 heteroatoms. The number of aliphatic hydroxyl groups is 1. The van der Waals surface area contributed by atoms with Crippen LogP contribution < -0.4 is 5.32 Å². The van der Waals surface area contributed by atoms with Crippen LogP contribution in [0.3, 0.4) is 0 Å². The smallest absolute Gasteiger partial charge is 0.200 e. The molecule has 3 rings (SSSR count). The molecule has 0 aliphatic heterocycles. The minimum absolute atomic E-state index is 0.126. The van der Waals surface area contributed by atoms with Crippen molar-refractivity contribution < 1.29 is 18.7 Å². The van der Waals surface area contributed by atoms with Gasteiger partial charge in [0.2, 0.25) is 5.78 Å². The molecule has 2 N–H and O–H groups in total. The zero-order valence-corrected chi connectivity index (χ0v) is 13.8. The van der Waals surface area contributed by atoms with E-state index in [1.54, 1.807) is 12.1 Å². The molecule has 0 spiro atoms. The number of hydrogen-bond donors (Lipinski definition) is 2. The molecule has 26 heavy (non-hydrogen) atoms. The average molecular weight is 353 g/mol. The lowest BCUT2D eigenvalue weighted by Gasteiger charge is -2.28. The van der Waals surface area contributed by atoms with E-state index in [0.717, 1.165) is 17.8 Å². The van der Waals surface area contributed by atoms with E-state index in [1.165, 1.54) is 36.4 Å². The molecule has 132 valence electrons. The van der Waals surface area contributed by atoms with Crippen molar-refractivity contribution in [2.45, 2.75) is 5.60 Å². The molecular formula is C21H17F2NO2. The van der Waals surface area contributed by atoms with Gasteiger partial charge in [0.25, 0.3) is 0 Å². The standard InChI is InChI=1S/C21H17F2NO2/c22-17-10-6-15(7-11-17)20(25)21(26,16-8-12-18(23)13-9-16)14-24-19-4-2-1-3-5-19/h1-13,24,26H,14H2/t21-/m1/s1. The van der Waals surface area contributed by atoms with Crippen molar-refractivity contribution in [1.82, 2.24) is 0 Å². The quantitative estimate of drug-likeness (QED) is 0.655. The lowest BCUT2D eigenvalue weighted by molar-refractivity contribution is 0.0363. The molecule has 0 aliphatic carbocycles. The highest BCUT2D eigenvalue weighted by Crippen LogP contribution is 2.27. The lowest BCUT2D eigenvalue weighted by atomic mass is 9.85. The lowest BCUT2D eigenvalue weighted by Crippen LogP contribution is -2.42. The maximum atomic E-state index is 13.3. The Bertz CT molecular complexity index is 880. The monoisotopic (exact) mass is 353 g/mol. The Morgan fingerprint density at radius 1 is 0.846 bits per heavy atom. The SMILES string of the molecule is O=C(c1ccc(F)cc1)[C@@](O)(CNc1ccccc1)c1ccc(F)cc1. The summed E-state index contributed by atoms with van der Waals surface area (Å²) in [6.07, 6.45) is 0. The second-order valence-corrected chi connectivity index (χ2v) is 5.92. The molecule has 0 aromatic heterocycles. The molecule has 1 atom stereocenters. The van der Waals surface area contributed by atoms with Crippen molar-refractivity contribution in [3.05, 3.63) is 102 Å². The molecule has 0 bridgehead atoms. The Hall–Kier alpha value is -3.05. The summed E-state index contributed by atoms with van der Waals surface area (Å²) in [5.41, 5.74) is -0.814. The summed E-state index contributed by atoms with van der Waals surface area (Å²) < 4.78 is 26.4. The predicted octanol–water partition coefficient (Wildman–Crippen LogP) is 4.15.